The molecule has 16 heavy (non-hydrogen) atoms. The fourth-order valence-electron chi connectivity index (χ4n) is 1.90. The molecule has 1 aliphatic heterocycles. The van der Waals surface area contributed by atoms with E-state index >= 15 is 0 Å². The number of hydrogen-bond donors (Lipinski definition) is 1. The van der Waals surface area contributed by atoms with Crippen LogP contribution in [0.25, 0.3) is 0 Å². The lowest BCUT2D eigenvalue weighted by atomic mass is 10.1. The Kier molecular flexibility index (Phi) is 5.77. The summed E-state index contributed by atoms with van der Waals surface area (Å²) in [7, 11) is 0. The van der Waals surface area contributed by atoms with Gasteiger partial charge in [-0.1, -0.05) is 13.8 Å². The summed E-state index contributed by atoms with van der Waals surface area (Å²) in [5.41, 5.74) is 0. The van der Waals surface area contributed by atoms with E-state index in [2.05, 4.69) is 24.1 Å². The maximum absolute atomic E-state index is 11.8. The Morgan fingerprint density at radius 2 is 2.31 bits per heavy atom. The highest BCUT2D eigenvalue weighted by atomic mass is 16.5. The summed E-state index contributed by atoms with van der Waals surface area (Å²) in [4.78, 5) is 14.0. The normalized spacial score (nSPS) is 24.1. The second-order valence-electron chi connectivity index (χ2n) is 4.36. The first-order valence-electron chi connectivity index (χ1n) is 6.32. The van der Waals surface area contributed by atoms with E-state index in [9.17, 15) is 4.79 Å². The molecule has 0 unspecified atom stereocenters. The molecule has 0 radical (unpaired) electrons. The van der Waals surface area contributed by atoms with E-state index in [4.69, 9.17) is 4.74 Å². The third kappa shape index (κ3) is 3.76. The van der Waals surface area contributed by atoms with Crippen LogP contribution in [0.4, 0.5) is 0 Å². The molecule has 1 rings (SSSR count). The number of carbonyl (C=O) groups excluding carboxylic acids is 1. The van der Waals surface area contributed by atoms with Crippen molar-refractivity contribution in [1.29, 1.82) is 0 Å². The minimum atomic E-state index is -0.0375. The van der Waals surface area contributed by atoms with Gasteiger partial charge in [0.25, 0.3) is 0 Å². The Bertz CT molecular complexity index is 221. The van der Waals surface area contributed by atoms with Gasteiger partial charge in [0, 0.05) is 19.6 Å². The highest BCUT2D eigenvalue weighted by molar-refractivity contribution is 5.81. The van der Waals surface area contributed by atoms with Crippen molar-refractivity contribution in [3.05, 3.63) is 0 Å². The van der Waals surface area contributed by atoms with Gasteiger partial charge >= 0.3 is 0 Å². The van der Waals surface area contributed by atoms with Gasteiger partial charge in [0.05, 0.1) is 18.8 Å². The SMILES string of the molecule is CCCNC(=O)[C@H](C)N1CCO[C@H](CC)C1. The van der Waals surface area contributed by atoms with Crippen molar-refractivity contribution in [2.24, 2.45) is 0 Å². The van der Waals surface area contributed by atoms with Gasteiger partial charge in [-0.3, -0.25) is 9.69 Å². The molecule has 4 nitrogen and oxygen atoms in total. The zero-order chi connectivity index (χ0) is 12.0. The third-order valence-electron chi connectivity index (χ3n) is 3.10. The van der Waals surface area contributed by atoms with Gasteiger partial charge in [-0.05, 0) is 19.8 Å². The summed E-state index contributed by atoms with van der Waals surface area (Å²) in [5.74, 6) is 0.138. The van der Waals surface area contributed by atoms with E-state index in [1.807, 2.05) is 6.92 Å². The van der Waals surface area contributed by atoms with Crippen LogP contribution in [-0.4, -0.2) is 49.2 Å². The van der Waals surface area contributed by atoms with Crippen molar-refractivity contribution in [2.75, 3.05) is 26.2 Å². The lowest BCUT2D eigenvalue weighted by molar-refractivity contribution is -0.129. The highest BCUT2D eigenvalue weighted by Crippen LogP contribution is 2.11. The van der Waals surface area contributed by atoms with Gasteiger partial charge in [0.1, 0.15) is 0 Å². The van der Waals surface area contributed by atoms with E-state index in [0.717, 1.165) is 39.1 Å². The first kappa shape index (κ1) is 13.5. The number of carbonyl (C=O) groups is 1. The van der Waals surface area contributed by atoms with E-state index < -0.39 is 0 Å². The first-order chi connectivity index (χ1) is 7.69. The maximum Gasteiger partial charge on any atom is 0.237 e. The molecule has 1 saturated heterocycles. The molecule has 0 aromatic heterocycles. The predicted octanol–water partition coefficient (Wildman–Crippen LogP) is 1.01. The van der Waals surface area contributed by atoms with Crippen LogP contribution in [0.2, 0.25) is 0 Å². The Hall–Kier alpha value is -0.610. The molecule has 94 valence electrons. The fourth-order valence-corrected chi connectivity index (χ4v) is 1.90. The number of ether oxygens (including phenoxy) is 1. The number of hydrogen-bond acceptors (Lipinski definition) is 3. The summed E-state index contributed by atoms with van der Waals surface area (Å²) in [6.07, 6.45) is 2.29. The quantitative estimate of drug-likeness (QED) is 0.763. The van der Waals surface area contributed by atoms with Gasteiger partial charge in [-0.2, -0.15) is 0 Å². The number of rotatable bonds is 5. The zero-order valence-electron chi connectivity index (χ0n) is 10.7. The summed E-state index contributed by atoms with van der Waals surface area (Å²) >= 11 is 0. The van der Waals surface area contributed by atoms with Gasteiger partial charge in [0.2, 0.25) is 5.91 Å². The molecule has 0 aromatic rings. The van der Waals surface area contributed by atoms with Crippen molar-refractivity contribution >= 4 is 5.91 Å². The van der Waals surface area contributed by atoms with Crippen LogP contribution >= 0.6 is 0 Å². The molecule has 0 aromatic carbocycles. The minimum Gasteiger partial charge on any atom is -0.376 e. The highest BCUT2D eigenvalue weighted by Gasteiger charge is 2.26. The van der Waals surface area contributed by atoms with E-state index in [1.165, 1.54) is 0 Å². The number of amides is 1. The monoisotopic (exact) mass is 228 g/mol. The van der Waals surface area contributed by atoms with E-state index in [1.54, 1.807) is 0 Å². The van der Waals surface area contributed by atoms with Crippen LogP contribution in [0.1, 0.15) is 33.6 Å². The Balaban J connectivity index is 2.39. The number of nitrogens with one attached hydrogen (secondary N) is 1. The van der Waals surface area contributed by atoms with Crippen LogP contribution in [0.3, 0.4) is 0 Å². The third-order valence-corrected chi connectivity index (χ3v) is 3.10. The molecule has 1 fully saturated rings. The lowest BCUT2D eigenvalue weighted by Gasteiger charge is -2.35. The molecular formula is C12H24N2O2. The topological polar surface area (TPSA) is 41.6 Å². The van der Waals surface area contributed by atoms with Crippen molar-refractivity contribution < 1.29 is 9.53 Å². The molecule has 1 N–H and O–H groups in total. The number of nitrogens with zero attached hydrogens (tertiary/aromatic N) is 1. The van der Waals surface area contributed by atoms with Crippen LogP contribution in [0.15, 0.2) is 0 Å². The Morgan fingerprint density at radius 3 is 2.94 bits per heavy atom. The summed E-state index contributed by atoms with van der Waals surface area (Å²) in [5, 5.41) is 2.94. The smallest absolute Gasteiger partial charge is 0.237 e. The fraction of sp³-hybridized carbons (Fsp3) is 0.917. The summed E-state index contributed by atoms with van der Waals surface area (Å²) < 4.78 is 5.60. The zero-order valence-corrected chi connectivity index (χ0v) is 10.7. The molecule has 0 aliphatic carbocycles. The molecule has 0 saturated carbocycles. The molecule has 0 bridgehead atoms. The minimum absolute atomic E-state index is 0.0375. The summed E-state index contributed by atoms with van der Waals surface area (Å²) in [6.45, 7) is 9.40. The molecule has 1 amide bonds. The largest absolute Gasteiger partial charge is 0.376 e. The second kappa shape index (κ2) is 6.86. The van der Waals surface area contributed by atoms with Gasteiger partial charge in [-0.25, -0.2) is 0 Å². The van der Waals surface area contributed by atoms with Gasteiger partial charge < -0.3 is 10.1 Å². The predicted molar refractivity (Wildman–Crippen MR) is 64.4 cm³/mol. The average Bonchev–Trinajstić information content (AvgIpc) is 2.35. The molecule has 1 heterocycles. The van der Waals surface area contributed by atoms with Crippen molar-refractivity contribution in [3.8, 4) is 0 Å². The molecule has 2 atom stereocenters. The standard InChI is InChI=1S/C12H24N2O2/c1-4-6-13-12(15)10(3)14-7-8-16-11(5-2)9-14/h10-11H,4-9H2,1-3H3,(H,13,15)/t10-,11+/m0/s1. The van der Waals surface area contributed by atoms with Gasteiger partial charge in [-0.15, -0.1) is 0 Å². The second-order valence-corrected chi connectivity index (χ2v) is 4.36. The van der Waals surface area contributed by atoms with Crippen molar-refractivity contribution in [3.63, 3.8) is 0 Å². The van der Waals surface area contributed by atoms with Crippen molar-refractivity contribution in [2.45, 2.75) is 45.8 Å². The van der Waals surface area contributed by atoms with E-state index in [0.29, 0.717) is 0 Å². The lowest BCUT2D eigenvalue weighted by Crippen LogP contribution is -2.52. The first-order valence-corrected chi connectivity index (χ1v) is 6.32. The number of morpholine rings is 1. The summed E-state index contributed by atoms with van der Waals surface area (Å²) in [6, 6.07) is -0.0375. The van der Waals surface area contributed by atoms with E-state index in [-0.39, 0.29) is 18.1 Å². The molecule has 0 spiro atoms. The Labute approximate surface area is 98.3 Å². The van der Waals surface area contributed by atoms with Crippen LogP contribution in [0, 0.1) is 0 Å². The maximum atomic E-state index is 11.8. The van der Waals surface area contributed by atoms with Gasteiger partial charge in [0.15, 0.2) is 0 Å². The average molecular weight is 228 g/mol. The van der Waals surface area contributed by atoms with Crippen LogP contribution in [-0.2, 0) is 9.53 Å². The molecule has 1 aliphatic rings. The molecule has 4 heteroatoms. The Morgan fingerprint density at radius 1 is 1.56 bits per heavy atom. The molecular weight excluding hydrogens is 204 g/mol. The van der Waals surface area contributed by atoms with Crippen LogP contribution in [0.5, 0.6) is 0 Å². The van der Waals surface area contributed by atoms with Crippen LogP contribution < -0.4 is 5.32 Å². The van der Waals surface area contributed by atoms with Crippen molar-refractivity contribution in [1.82, 2.24) is 10.2 Å².